The van der Waals surface area contributed by atoms with Crippen LogP contribution < -0.4 is 59.3 Å². The first-order valence-electron chi connectivity index (χ1n) is 27.9. The van der Waals surface area contributed by atoms with Crippen LogP contribution in [-0.4, -0.2) is 152 Å². The van der Waals surface area contributed by atoms with E-state index in [4.69, 9.17) is 11.5 Å². The fourth-order valence-corrected chi connectivity index (χ4v) is 9.03. The lowest BCUT2D eigenvalue weighted by atomic mass is 9.98. The van der Waals surface area contributed by atoms with Crippen molar-refractivity contribution in [1.29, 1.82) is 0 Å². The van der Waals surface area contributed by atoms with E-state index >= 15 is 0 Å². The summed E-state index contributed by atoms with van der Waals surface area (Å²) in [5.74, 6) is -10.3. The summed E-state index contributed by atoms with van der Waals surface area (Å²) in [6.45, 7) is 16.3. The number of carbonyl (C=O) groups excluding carboxylic acids is 12. The van der Waals surface area contributed by atoms with E-state index in [1.165, 1.54) is 26.4 Å². The van der Waals surface area contributed by atoms with Crippen LogP contribution in [0.25, 0.3) is 10.9 Å². The van der Waals surface area contributed by atoms with Gasteiger partial charge in [0.25, 0.3) is 0 Å². The summed E-state index contributed by atoms with van der Waals surface area (Å²) in [4.78, 5) is 170. The van der Waals surface area contributed by atoms with E-state index in [2.05, 4.69) is 62.8 Å². The molecular weight excluding hydrogens is 1080 g/mol. The van der Waals surface area contributed by atoms with Gasteiger partial charge in [-0.05, 0) is 74.3 Å². The summed E-state index contributed by atoms with van der Waals surface area (Å²) in [6, 6.07) is -4.70. The number of nitrogens with two attached hydrogens (primary N) is 2. The Bertz CT molecular complexity index is 2710. The number of amides is 11. The van der Waals surface area contributed by atoms with E-state index in [1.54, 1.807) is 61.6 Å². The van der Waals surface area contributed by atoms with E-state index in [9.17, 15) is 62.6 Å². The third-order valence-corrected chi connectivity index (χ3v) is 13.2. The van der Waals surface area contributed by atoms with Gasteiger partial charge in [-0.15, -0.1) is 0 Å². The number of para-hydroxylation sites is 1. The maximum absolute atomic E-state index is 14.3. The number of carbonyl (C=O) groups is 12. The van der Waals surface area contributed by atoms with Crippen LogP contribution in [0, 0.1) is 23.7 Å². The Morgan fingerprint density at radius 1 is 0.542 bits per heavy atom. The SMILES string of the molecule is CC(=O)N[C@@H](CCC(N)=O)C(=O)N[C@@H](Cc1cnc[nH]1)C(=O)N[C@@H](CC(C)C)C(=O)N[C@@H](CC(C)C)C(=O)N[C@@H](CCC(N)=O)C(=O)N[C@@H](CC(C)C)C(=O)N[C@H](C(=O)N[C@H](C(=O)N[C@H](C=O)Cc1c[nH]c2ccccc12)C(C)C)[C@@H](C)O. The number of rotatable bonds is 36. The zero-order chi connectivity index (χ0) is 62.2. The number of fused-ring (bicyclic) bond motifs is 1. The largest absolute Gasteiger partial charge is 0.391 e. The Hall–Kier alpha value is -8.23. The van der Waals surface area contributed by atoms with Crippen LogP contribution in [0.15, 0.2) is 43.0 Å². The molecule has 2 aromatic heterocycles. The number of aromatic amines is 2. The smallest absolute Gasteiger partial charge is 0.245 e. The minimum Gasteiger partial charge on any atom is -0.391 e. The van der Waals surface area contributed by atoms with Crippen molar-refractivity contribution in [2.45, 2.75) is 188 Å². The zero-order valence-electron chi connectivity index (χ0n) is 49.0. The molecule has 2 heterocycles. The number of benzene rings is 1. The molecule has 0 radical (unpaired) electrons. The second kappa shape index (κ2) is 33.6. The molecule has 3 rings (SSSR count). The first kappa shape index (κ1) is 69.0. The highest BCUT2D eigenvalue weighted by molar-refractivity contribution is 5.99. The molecule has 27 heteroatoms. The first-order valence-corrected chi connectivity index (χ1v) is 27.9. The topological polar surface area (TPSA) is 430 Å². The van der Waals surface area contributed by atoms with Gasteiger partial charge in [0.05, 0.1) is 18.5 Å². The predicted molar refractivity (Wildman–Crippen MR) is 305 cm³/mol. The lowest BCUT2D eigenvalue weighted by Gasteiger charge is -2.30. The fraction of sp³-hybridized carbons (Fsp3) is 0.589. The summed E-state index contributed by atoms with van der Waals surface area (Å²) < 4.78 is 0. The monoisotopic (exact) mass is 1160 g/mol. The minimum absolute atomic E-state index is 0.00159. The molecule has 27 nitrogen and oxygen atoms in total. The van der Waals surface area contributed by atoms with Gasteiger partial charge < -0.3 is 79.2 Å². The number of nitrogens with zero attached hydrogens (tertiary/aromatic N) is 1. The number of imidazole rings is 1. The zero-order valence-corrected chi connectivity index (χ0v) is 49.0. The third-order valence-electron chi connectivity index (χ3n) is 13.2. The molecule has 0 aliphatic carbocycles. The molecule has 0 bridgehead atoms. The van der Waals surface area contributed by atoms with Gasteiger partial charge in [0.2, 0.25) is 65.0 Å². The first-order chi connectivity index (χ1) is 39.0. The van der Waals surface area contributed by atoms with Crippen LogP contribution in [0.2, 0.25) is 0 Å². The highest BCUT2D eigenvalue weighted by Gasteiger charge is 2.37. The molecule has 0 aliphatic heterocycles. The summed E-state index contributed by atoms with van der Waals surface area (Å²) in [5.41, 5.74) is 12.8. The molecule has 3 aromatic rings. The molecule has 0 spiro atoms. The number of aldehydes is 1. The Balaban J connectivity index is 1.84. The Morgan fingerprint density at radius 2 is 0.976 bits per heavy atom. The van der Waals surface area contributed by atoms with Crippen LogP contribution in [0.4, 0.5) is 0 Å². The van der Waals surface area contributed by atoms with Gasteiger partial charge in [0.1, 0.15) is 54.6 Å². The average molecular weight is 1160 g/mol. The van der Waals surface area contributed by atoms with Crippen molar-refractivity contribution < 1.29 is 62.6 Å². The number of aliphatic hydroxyl groups excluding tert-OH is 1. The second-order valence-electron chi connectivity index (χ2n) is 22.5. The fourth-order valence-electron chi connectivity index (χ4n) is 9.03. The highest BCUT2D eigenvalue weighted by atomic mass is 16.3. The Morgan fingerprint density at radius 3 is 1.42 bits per heavy atom. The van der Waals surface area contributed by atoms with Gasteiger partial charge >= 0.3 is 0 Å². The molecule has 458 valence electrons. The molecule has 0 fully saturated rings. The average Bonchev–Trinajstić information content (AvgIpc) is 4.09. The normalized spacial score (nSPS) is 15.0. The van der Waals surface area contributed by atoms with Gasteiger partial charge in [-0.3, -0.25) is 52.7 Å². The summed E-state index contributed by atoms with van der Waals surface area (Å²) in [5, 5.41) is 35.1. The van der Waals surface area contributed by atoms with Crippen LogP contribution >= 0.6 is 0 Å². The lowest BCUT2D eigenvalue weighted by Crippen LogP contribution is -2.62. The van der Waals surface area contributed by atoms with Gasteiger partial charge in [0, 0.05) is 61.6 Å². The van der Waals surface area contributed by atoms with Gasteiger partial charge in [-0.25, -0.2) is 4.98 Å². The predicted octanol–water partition coefficient (Wildman–Crippen LogP) is -1.04. The molecule has 0 aliphatic rings. The molecule has 0 unspecified atom stereocenters. The van der Waals surface area contributed by atoms with Crippen molar-refractivity contribution in [2.24, 2.45) is 35.1 Å². The number of nitrogens with one attached hydrogen (secondary N) is 11. The molecular formula is C56H86N14O13. The molecule has 0 saturated carbocycles. The van der Waals surface area contributed by atoms with Gasteiger partial charge in [-0.2, -0.15) is 0 Å². The summed E-state index contributed by atoms with van der Waals surface area (Å²) in [7, 11) is 0. The minimum atomic E-state index is -1.67. The maximum atomic E-state index is 14.3. The van der Waals surface area contributed by atoms with E-state index in [0.717, 1.165) is 16.5 Å². The Labute approximate surface area is 483 Å². The Kier molecular flexibility index (Phi) is 28.0. The van der Waals surface area contributed by atoms with Crippen molar-refractivity contribution in [3.05, 3.63) is 54.2 Å². The number of aromatic nitrogens is 3. The quantitative estimate of drug-likeness (QED) is 0.0310. The van der Waals surface area contributed by atoms with Crippen molar-refractivity contribution in [2.75, 3.05) is 0 Å². The second-order valence-corrected chi connectivity index (χ2v) is 22.5. The maximum Gasteiger partial charge on any atom is 0.245 e. The third kappa shape index (κ3) is 23.6. The van der Waals surface area contributed by atoms with E-state index in [0.29, 0.717) is 12.0 Å². The van der Waals surface area contributed by atoms with E-state index in [-0.39, 0.29) is 69.1 Å². The summed E-state index contributed by atoms with van der Waals surface area (Å²) in [6.07, 6.45) is 2.32. The summed E-state index contributed by atoms with van der Waals surface area (Å²) >= 11 is 0. The van der Waals surface area contributed by atoms with Crippen molar-refractivity contribution >= 4 is 82.2 Å². The van der Waals surface area contributed by atoms with Gasteiger partial charge in [-0.1, -0.05) is 73.6 Å². The van der Waals surface area contributed by atoms with Crippen LogP contribution in [0.5, 0.6) is 0 Å². The number of H-pyrrole nitrogens is 2. The standard InChI is InChI=1S/C56H86N14O13/c1-28(2)19-41(66-52(79)42(20-29(3)4)67-53(80)44(23-35-25-59-27-61-35)68-49(76)39(62-33(10)73)15-17-45(57)74)51(78)64-40(16-18-46(58)75)50(77)65-43(21-30(5)6)54(81)70-48(32(9)72)56(83)69-47(31(7)8)55(82)63-36(26-71)22-34-24-60-38-14-12-11-13-37(34)38/h11-14,24-32,36,39-44,47-48,60,72H,15-23H2,1-10H3,(H2,57,74)(H2,58,75)(H,59,61)(H,62,73)(H,63,82)(H,64,78)(H,65,77)(H,66,79)(H,67,80)(H,68,76)(H,69,83)(H,70,81)/t32-,36+,39+,40+,41+,42+,43+,44+,47+,48+/m1/s1. The van der Waals surface area contributed by atoms with Crippen molar-refractivity contribution in [3.63, 3.8) is 0 Å². The van der Waals surface area contributed by atoms with E-state index in [1.807, 2.05) is 24.3 Å². The van der Waals surface area contributed by atoms with Crippen LogP contribution in [0.1, 0.15) is 125 Å². The molecule has 11 amide bonds. The van der Waals surface area contributed by atoms with Crippen molar-refractivity contribution in [1.82, 2.24) is 62.8 Å². The van der Waals surface area contributed by atoms with Crippen LogP contribution in [-0.2, 0) is 70.4 Å². The molecule has 16 N–H and O–H groups in total. The highest BCUT2D eigenvalue weighted by Crippen LogP contribution is 2.20. The molecule has 0 saturated heterocycles. The number of hydrogen-bond donors (Lipinski definition) is 14. The van der Waals surface area contributed by atoms with E-state index < -0.39 is 138 Å². The van der Waals surface area contributed by atoms with Crippen molar-refractivity contribution in [3.8, 4) is 0 Å². The van der Waals surface area contributed by atoms with Gasteiger partial charge in [0.15, 0.2) is 0 Å². The molecule has 83 heavy (non-hydrogen) atoms. The number of primary amides is 2. The number of aliphatic hydroxyl groups is 1. The number of hydrogen-bond acceptors (Lipinski definition) is 14. The molecule has 1 aromatic carbocycles. The molecule has 10 atom stereocenters. The lowest BCUT2D eigenvalue weighted by molar-refractivity contribution is -0.137. The van der Waals surface area contributed by atoms with Crippen LogP contribution in [0.3, 0.4) is 0 Å².